The summed E-state index contributed by atoms with van der Waals surface area (Å²) in [6.07, 6.45) is 1.41. The van der Waals surface area contributed by atoms with Crippen LogP contribution in [0, 0.1) is 13.8 Å². The molecule has 134 valence electrons. The van der Waals surface area contributed by atoms with Gasteiger partial charge in [0.05, 0.1) is 6.21 Å². The average Bonchev–Trinajstić information content (AvgIpc) is 3.05. The second kappa shape index (κ2) is 7.57. The molecule has 0 saturated heterocycles. The molecular weight excluding hydrogens is 402 g/mol. The topological polar surface area (TPSA) is 89.0 Å². The normalized spacial score (nSPS) is 12.3. The first kappa shape index (κ1) is 17.9. The molecule has 0 bridgehead atoms. The number of carbonyl (C=O) groups excluding carboxylic acids is 2. The molecule has 26 heavy (non-hydrogen) atoms. The van der Waals surface area contributed by atoms with Crippen LogP contribution in [-0.2, 0) is 9.59 Å². The van der Waals surface area contributed by atoms with Gasteiger partial charge in [-0.15, -0.1) is 0 Å². The summed E-state index contributed by atoms with van der Waals surface area (Å²) >= 11 is 3.39. The van der Waals surface area contributed by atoms with Gasteiger partial charge in [-0.3, -0.25) is 9.59 Å². The standard InChI is InChI=1S/C18H16BrN3O4/c1-10-3-4-11(2)14(5-10)21-17(23)18(24)22-20-8-12-6-15-16(7-13(12)19)26-9-25-15/h3-8H,9H2,1-2H3,(H,21,23)(H,22,24)/b20-8-. The smallest absolute Gasteiger partial charge is 0.329 e. The number of halogens is 1. The fourth-order valence-electron chi connectivity index (χ4n) is 2.29. The zero-order valence-electron chi connectivity index (χ0n) is 14.1. The first-order valence-corrected chi connectivity index (χ1v) is 8.54. The number of fused-ring (bicyclic) bond motifs is 1. The Morgan fingerprint density at radius 2 is 1.85 bits per heavy atom. The number of aryl methyl sites for hydroxylation is 2. The van der Waals surface area contributed by atoms with Crippen LogP contribution < -0.4 is 20.2 Å². The van der Waals surface area contributed by atoms with Gasteiger partial charge in [0.25, 0.3) is 0 Å². The molecule has 2 aromatic rings. The predicted molar refractivity (Wildman–Crippen MR) is 101 cm³/mol. The quantitative estimate of drug-likeness (QED) is 0.456. The van der Waals surface area contributed by atoms with Gasteiger partial charge in [-0.25, -0.2) is 5.43 Å². The van der Waals surface area contributed by atoms with E-state index >= 15 is 0 Å². The third-order valence-corrected chi connectivity index (χ3v) is 4.40. The number of nitrogens with zero attached hydrogens (tertiary/aromatic N) is 1. The Bertz CT molecular complexity index is 912. The number of benzene rings is 2. The molecule has 1 aliphatic heterocycles. The van der Waals surface area contributed by atoms with Gasteiger partial charge >= 0.3 is 11.8 Å². The van der Waals surface area contributed by atoms with Crippen LogP contribution in [0.2, 0.25) is 0 Å². The van der Waals surface area contributed by atoms with Crippen molar-refractivity contribution in [2.24, 2.45) is 5.10 Å². The van der Waals surface area contributed by atoms with Crippen molar-refractivity contribution in [2.45, 2.75) is 13.8 Å². The molecule has 7 nitrogen and oxygen atoms in total. The molecule has 0 atom stereocenters. The Morgan fingerprint density at radius 1 is 1.12 bits per heavy atom. The molecular formula is C18H16BrN3O4. The maximum atomic E-state index is 12.0. The Morgan fingerprint density at radius 3 is 2.62 bits per heavy atom. The number of rotatable bonds is 3. The number of amides is 2. The summed E-state index contributed by atoms with van der Waals surface area (Å²) in [6.45, 7) is 3.92. The zero-order valence-corrected chi connectivity index (χ0v) is 15.7. The lowest BCUT2D eigenvalue weighted by Crippen LogP contribution is -2.32. The third kappa shape index (κ3) is 4.02. The Hall–Kier alpha value is -2.87. The minimum atomic E-state index is -0.862. The monoisotopic (exact) mass is 417 g/mol. The molecule has 1 aliphatic rings. The summed E-state index contributed by atoms with van der Waals surface area (Å²) in [5, 5.41) is 6.39. The zero-order chi connectivity index (χ0) is 18.7. The van der Waals surface area contributed by atoms with Crippen molar-refractivity contribution in [1.29, 1.82) is 0 Å². The predicted octanol–water partition coefficient (Wildman–Crippen LogP) is 2.88. The molecule has 1 heterocycles. The van der Waals surface area contributed by atoms with Crippen molar-refractivity contribution in [2.75, 3.05) is 12.1 Å². The lowest BCUT2D eigenvalue weighted by atomic mass is 10.1. The van der Waals surface area contributed by atoms with E-state index in [0.717, 1.165) is 15.6 Å². The van der Waals surface area contributed by atoms with Gasteiger partial charge in [-0.05, 0) is 59.1 Å². The van der Waals surface area contributed by atoms with Gasteiger partial charge in [-0.1, -0.05) is 12.1 Å². The number of carbonyl (C=O) groups is 2. The van der Waals surface area contributed by atoms with Gasteiger partial charge in [0.2, 0.25) is 6.79 Å². The third-order valence-electron chi connectivity index (χ3n) is 3.71. The van der Waals surface area contributed by atoms with Crippen molar-refractivity contribution in [1.82, 2.24) is 5.43 Å². The van der Waals surface area contributed by atoms with E-state index in [1.165, 1.54) is 6.21 Å². The van der Waals surface area contributed by atoms with Crippen LogP contribution in [-0.4, -0.2) is 24.8 Å². The van der Waals surface area contributed by atoms with E-state index in [4.69, 9.17) is 9.47 Å². The Kier molecular flexibility index (Phi) is 5.22. The second-order valence-electron chi connectivity index (χ2n) is 5.70. The highest BCUT2D eigenvalue weighted by molar-refractivity contribution is 9.10. The van der Waals surface area contributed by atoms with Crippen molar-refractivity contribution in [3.8, 4) is 11.5 Å². The first-order valence-electron chi connectivity index (χ1n) is 7.75. The molecule has 3 rings (SSSR count). The average molecular weight is 418 g/mol. The fraction of sp³-hybridized carbons (Fsp3) is 0.167. The molecule has 0 radical (unpaired) electrons. The van der Waals surface area contributed by atoms with Crippen molar-refractivity contribution in [3.63, 3.8) is 0 Å². The van der Waals surface area contributed by atoms with Gasteiger partial charge in [0.15, 0.2) is 11.5 Å². The van der Waals surface area contributed by atoms with Crippen molar-refractivity contribution < 1.29 is 19.1 Å². The number of hydrogen-bond donors (Lipinski definition) is 2. The van der Waals surface area contributed by atoms with Gasteiger partial charge in [0.1, 0.15) is 0 Å². The Balaban J connectivity index is 1.62. The SMILES string of the molecule is Cc1ccc(C)c(NC(=O)C(=O)N/N=C\c2cc3c(cc2Br)OCO3)c1. The lowest BCUT2D eigenvalue weighted by molar-refractivity contribution is -0.136. The minimum absolute atomic E-state index is 0.164. The fourth-order valence-corrected chi connectivity index (χ4v) is 2.72. The Labute approximate surface area is 158 Å². The largest absolute Gasteiger partial charge is 0.454 e. The summed E-state index contributed by atoms with van der Waals surface area (Å²) in [4.78, 5) is 23.9. The lowest BCUT2D eigenvalue weighted by Gasteiger charge is -2.08. The number of nitrogens with one attached hydrogen (secondary N) is 2. The molecule has 0 aliphatic carbocycles. The van der Waals surface area contributed by atoms with Gasteiger partial charge < -0.3 is 14.8 Å². The second-order valence-corrected chi connectivity index (χ2v) is 6.55. The van der Waals surface area contributed by atoms with Crippen LogP contribution in [0.25, 0.3) is 0 Å². The van der Waals surface area contributed by atoms with E-state index < -0.39 is 11.8 Å². The molecule has 2 aromatic carbocycles. The van der Waals surface area contributed by atoms with E-state index in [9.17, 15) is 9.59 Å². The highest BCUT2D eigenvalue weighted by atomic mass is 79.9. The van der Waals surface area contributed by atoms with E-state index in [-0.39, 0.29) is 6.79 Å². The summed E-state index contributed by atoms with van der Waals surface area (Å²) in [5.41, 5.74) is 5.32. The van der Waals surface area contributed by atoms with Gasteiger partial charge in [-0.2, -0.15) is 5.10 Å². The van der Waals surface area contributed by atoms with Crippen LogP contribution >= 0.6 is 15.9 Å². The van der Waals surface area contributed by atoms with E-state index in [1.807, 2.05) is 26.0 Å². The highest BCUT2D eigenvalue weighted by Crippen LogP contribution is 2.36. The van der Waals surface area contributed by atoms with Crippen molar-refractivity contribution >= 4 is 39.6 Å². The molecule has 2 amide bonds. The van der Waals surface area contributed by atoms with Gasteiger partial charge in [0, 0.05) is 15.7 Å². The molecule has 0 spiro atoms. The number of hydrazone groups is 1. The van der Waals surface area contributed by atoms with E-state index in [1.54, 1.807) is 18.2 Å². The number of ether oxygens (including phenoxy) is 2. The summed E-state index contributed by atoms with van der Waals surface area (Å²) in [7, 11) is 0. The van der Waals surface area contributed by atoms with E-state index in [2.05, 4.69) is 31.8 Å². The molecule has 8 heteroatoms. The molecule has 0 fully saturated rings. The summed E-state index contributed by atoms with van der Waals surface area (Å²) in [5.74, 6) is -0.431. The maximum absolute atomic E-state index is 12.0. The molecule has 0 aromatic heterocycles. The molecule has 0 unspecified atom stereocenters. The number of hydrogen-bond acceptors (Lipinski definition) is 5. The summed E-state index contributed by atoms with van der Waals surface area (Å²) < 4.78 is 11.3. The van der Waals surface area contributed by atoms with E-state index in [0.29, 0.717) is 22.7 Å². The van der Waals surface area contributed by atoms with Crippen LogP contribution in [0.3, 0.4) is 0 Å². The van der Waals surface area contributed by atoms with Crippen LogP contribution in [0.1, 0.15) is 16.7 Å². The minimum Gasteiger partial charge on any atom is -0.454 e. The van der Waals surface area contributed by atoms with Crippen LogP contribution in [0.5, 0.6) is 11.5 Å². The molecule has 2 N–H and O–H groups in total. The molecule has 0 saturated carbocycles. The number of anilines is 1. The first-order chi connectivity index (χ1) is 12.4. The van der Waals surface area contributed by atoms with Crippen LogP contribution in [0.15, 0.2) is 39.9 Å². The van der Waals surface area contributed by atoms with Crippen LogP contribution in [0.4, 0.5) is 5.69 Å². The maximum Gasteiger partial charge on any atom is 0.329 e. The van der Waals surface area contributed by atoms with Crippen molar-refractivity contribution in [3.05, 3.63) is 51.5 Å². The highest BCUT2D eigenvalue weighted by Gasteiger charge is 2.16. The summed E-state index contributed by atoms with van der Waals surface area (Å²) in [6, 6.07) is 9.07.